The molecule has 7 rings (SSSR count). The van der Waals surface area contributed by atoms with Crippen molar-refractivity contribution in [1.82, 2.24) is 9.47 Å². The van der Waals surface area contributed by atoms with Gasteiger partial charge < -0.3 is 19.7 Å². The number of piperidine rings is 1. The molecule has 4 aromatic rings. The number of halogens is 1. The largest absolute Gasteiger partial charge is 0.369 e. The molecule has 3 aliphatic heterocycles. The minimum absolute atomic E-state index is 0.0334. The molecule has 3 aliphatic rings. The summed E-state index contributed by atoms with van der Waals surface area (Å²) in [6, 6.07) is 24.6. The van der Waals surface area contributed by atoms with Crippen LogP contribution in [0, 0.1) is 11.7 Å². The zero-order valence-electron chi connectivity index (χ0n) is 23.1. The Labute approximate surface area is 243 Å². The monoisotopic (exact) mass is 562 g/mol. The molecule has 42 heavy (non-hydrogen) atoms. The van der Waals surface area contributed by atoms with Gasteiger partial charge in [0.15, 0.2) is 0 Å². The first-order valence-corrected chi connectivity index (χ1v) is 14.4. The third kappa shape index (κ3) is 4.87. The maximum absolute atomic E-state index is 13.7. The minimum atomic E-state index is -0.415. The van der Waals surface area contributed by atoms with Crippen LogP contribution in [-0.2, 0) is 19.5 Å². The molecule has 4 heterocycles. The SMILES string of the molecule is O=C(Nc1cc(C(=O)N2CCc3ccccc3C2)ccc1N1C[C@H]2C[C@@H](C1)c1cccc(=O)n1C2)c1ccc(F)cc1. The fourth-order valence-corrected chi connectivity index (χ4v) is 6.79. The lowest BCUT2D eigenvalue weighted by Gasteiger charge is -2.44. The maximum Gasteiger partial charge on any atom is 0.255 e. The average Bonchev–Trinajstić information content (AvgIpc) is 3.01. The van der Waals surface area contributed by atoms with E-state index < -0.39 is 5.82 Å². The lowest BCUT2D eigenvalue weighted by Crippen LogP contribution is -2.47. The molecule has 1 aromatic heterocycles. The molecule has 0 unspecified atom stereocenters. The van der Waals surface area contributed by atoms with Crippen LogP contribution >= 0.6 is 0 Å². The normalized spacial score (nSPS) is 19.1. The lowest BCUT2D eigenvalue weighted by atomic mass is 9.83. The molecular formula is C34H31FN4O3. The van der Waals surface area contributed by atoms with E-state index in [4.69, 9.17) is 0 Å². The van der Waals surface area contributed by atoms with Gasteiger partial charge in [0.05, 0.1) is 11.4 Å². The first-order valence-electron chi connectivity index (χ1n) is 14.4. The van der Waals surface area contributed by atoms with E-state index in [1.54, 1.807) is 12.1 Å². The van der Waals surface area contributed by atoms with Crippen molar-refractivity contribution in [3.8, 4) is 0 Å². The number of aromatic nitrogens is 1. The quantitative estimate of drug-likeness (QED) is 0.377. The van der Waals surface area contributed by atoms with Crippen molar-refractivity contribution in [1.29, 1.82) is 0 Å². The van der Waals surface area contributed by atoms with Gasteiger partial charge >= 0.3 is 0 Å². The van der Waals surface area contributed by atoms with Gasteiger partial charge in [0.25, 0.3) is 17.4 Å². The number of nitrogens with one attached hydrogen (secondary N) is 1. The van der Waals surface area contributed by atoms with Crippen molar-refractivity contribution in [2.75, 3.05) is 29.9 Å². The second-order valence-electron chi connectivity index (χ2n) is 11.5. The van der Waals surface area contributed by atoms with Crippen LogP contribution in [0.3, 0.4) is 0 Å². The first kappa shape index (κ1) is 26.2. The highest BCUT2D eigenvalue weighted by Crippen LogP contribution is 2.39. The van der Waals surface area contributed by atoms with Crippen LogP contribution in [0.5, 0.6) is 0 Å². The Kier molecular flexibility index (Phi) is 6.61. The summed E-state index contributed by atoms with van der Waals surface area (Å²) < 4.78 is 15.4. The highest BCUT2D eigenvalue weighted by atomic mass is 19.1. The zero-order valence-corrected chi connectivity index (χ0v) is 23.1. The Morgan fingerprint density at radius 1 is 0.833 bits per heavy atom. The number of pyridine rings is 1. The summed E-state index contributed by atoms with van der Waals surface area (Å²) in [5.41, 5.74) is 5.69. The number of hydrogen-bond acceptors (Lipinski definition) is 4. The molecule has 2 amide bonds. The lowest BCUT2D eigenvalue weighted by molar-refractivity contribution is 0.0734. The van der Waals surface area contributed by atoms with E-state index in [9.17, 15) is 18.8 Å². The third-order valence-corrected chi connectivity index (χ3v) is 8.84. The first-order chi connectivity index (χ1) is 20.4. The number of benzene rings is 3. The Morgan fingerprint density at radius 2 is 1.62 bits per heavy atom. The number of anilines is 2. The van der Waals surface area contributed by atoms with Crippen LogP contribution in [0.1, 0.15) is 49.9 Å². The van der Waals surface area contributed by atoms with E-state index in [0.717, 1.165) is 36.3 Å². The number of carbonyl (C=O) groups excluding carboxylic acids is 2. The van der Waals surface area contributed by atoms with E-state index in [-0.39, 0.29) is 29.2 Å². The van der Waals surface area contributed by atoms with Gasteiger partial charge in [-0.3, -0.25) is 14.4 Å². The predicted octanol–water partition coefficient (Wildman–Crippen LogP) is 5.06. The molecule has 7 nitrogen and oxygen atoms in total. The third-order valence-electron chi connectivity index (χ3n) is 8.84. The Hall–Kier alpha value is -4.72. The summed E-state index contributed by atoms with van der Waals surface area (Å²) in [7, 11) is 0. The molecule has 1 fully saturated rings. The molecule has 3 aromatic carbocycles. The van der Waals surface area contributed by atoms with Crippen LogP contribution in [-0.4, -0.2) is 40.9 Å². The molecule has 0 spiro atoms. The van der Waals surface area contributed by atoms with Crippen LogP contribution in [0.4, 0.5) is 15.8 Å². The van der Waals surface area contributed by atoms with Crippen molar-refractivity contribution < 1.29 is 14.0 Å². The number of amides is 2. The van der Waals surface area contributed by atoms with Gasteiger partial charge in [-0.1, -0.05) is 30.3 Å². The molecule has 0 saturated carbocycles. The number of carbonyl (C=O) groups is 2. The van der Waals surface area contributed by atoms with Crippen molar-refractivity contribution in [3.05, 3.63) is 129 Å². The number of hydrogen-bond donors (Lipinski definition) is 1. The fourth-order valence-electron chi connectivity index (χ4n) is 6.79. The molecular weight excluding hydrogens is 531 g/mol. The number of rotatable bonds is 4. The minimum Gasteiger partial charge on any atom is -0.369 e. The van der Waals surface area contributed by atoms with E-state index in [2.05, 4.69) is 22.3 Å². The second-order valence-corrected chi connectivity index (χ2v) is 11.5. The summed E-state index contributed by atoms with van der Waals surface area (Å²) in [4.78, 5) is 43.6. The van der Waals surface area contributed by atoms with Crippen LogP contribution in [0.15, 0.2) is 89.7 Å². The van der Waals surface area contributed by atoms with E-state index in [1.165, 1.54) is 29.8 Å². The zero-order chi connectivity index (χ0) is 28.8. The Balaban J connectivity index is 1.21. The standard InChI is InChI=1S/C34H31FN4O3/c35-28-11-8-24(9-12-28)33(41)36-29-17-25(34(42)37-15-14-23-4-1-2-5-26(23)20-37)10-13-31(29)38-18-22-16-27(21-38)30-6-3-7-32(40)39(30)19-22/h1-13,17,22,27H,14-16,18-21H2,(H,36,41)/t22-,27+/m1/s1. The van der Waals surface area contributed by atoms with Gasteiger partial charge in [-0.05, 0) is 78.4 Å². The molecule has 1 saturated heterocycles. The molecule has 1 N–H and O–H groups in total. The molecule has 8 heteroatoms. The second kappa shape index (κ2) is 10.6. The predicted molar refractivity (Wildman–Crippen MR) is 159 cm³/mol. The van der Waals surface area contributed by atoms with Gasteiger partial charge in [0.2, 0.25) is 0 Å². The summed E-state index contributed by atoms with van der Waals surface area (Å²) >= 11 is 0. The molecule has 0 radical (unpaired) electrons. The number of nitrogens with zero attached hydrogens (tertiary/aromatic N) is 3. The highest BCUT2D eigenvalue weighted by molar-refractivity contribution is 6.07. The van der Waals surface area contributed by atoms with Crippen molar-refractivity contribution in [3.63, 3.8) is 0 Å². The van der Waals surface area contributed by atoms with Crippen LogP contribution in [0.25, 0.3) is 0 Å². The van der Waals surface area contributed by atoms with Gasteiger partial charge in [-0.2, -0.15) is 0 Å². The number of fused-ring (bicyclic) bond motifs is 5. The summed E-state index contributed by atoms with van der Waals surface area (Å²) in [6.45, 7) is 3.25. The van der Waals surface area contributed by atoms with E-state index >= 15 is 0 Å². The summed E-state index contributed by atoms with van der Waals surface area (Å²) in [5.74, 6) is -0.408. The van der Waals surface area contributed by atoms with Crippen molar-refractivity contribution >= 4 is 23.2 Å². The molecule has 212 valence electrons. The van der Waals surface area contributed by atoms with Crippen LogP contribution < -0.4 is 15.8 Å². The van der Waals surface area contributed by atoms with Gasteiger partial charge in [-0.25, -0.2) is 4.39 Å². The molecule has 0 aliphatic carbocycles. The molecule has 2 bridgehead atoms. The van der Waals surface area contributed by atoms with Crippen LogP contribution in [0.2, 0.25) is 0 Å². The van der Waals surface area contributed by atoms with E-state index in [1.807, 2.05) is 45.9 Å². The Bertz CT molecular complexity index is 1750. The summed E-state index contributed by atoms with van der Waals surface area (Å²) in [5, 5.41) is 3.02. The molecule has 2 atom stereocenters. The topological polar surface area (TPSA) is 74.7 Å². The fraction of sp³-hybridized carbons (Fsp3) is 0.265. The average molecular weight is 563 g/mol. The summed E-state index contributed by atoms with van der Waals surface area (Å²) in [6.07, 6.45) is 1.81. The smallest absolute Gasteiger partial charge is 0.255 e. The van der Waals surface area contributed by atoms with Crippen molar-refractivity contribution in [2.24, 2.45) is 5.92 Å². The van der Waals surface area contributed by atoms with Gasteiger partial charge in [0.1, 0.15) is 5.82 Å². The highest BCUT2D eigenvalue weighted by Gasteiger charge is 2.35. The van der Waals surface area contributed by atoms with Gasteiger partial charge in [-0.15, -0.1) is 0 Å². The van der Waals surface area contributed by atoms with Crippen molar-refractivity contribution in [2.45, 2.75) is 31.8 Å². The van der Waals surface area contributed by atoms with E-state index in [0.29, 0.717) is 43.0 Å². The maximum atomic E-state index is 13.7. The van der Waals surface area contributed by atoms with Gasteiger partial charge in [0, 0.05) is 61.5 Å². The Morgan fingerprint density at radius 3 is 2.45 bits per heavy atom.